The molecule has 10 nitrogen and oxygen atoms in total. The molecular weight excluding hydrogens is 408 g/mol. The number of hydrogen-bond donors (Lipinski definition) is 0. The summed E-state index contributed by atoms with van der Waals surface area (Å²) in [6, 6.07) is 7.51. The van der Waals surface area contributed by atoms with Crippen LogP contribution in [0.15, 0.2) is 36.4 Å². The topological polar surface area (TPSA) is 125 Å². The highest BCUT2D eigenvalue weighted by Gasteiger charge is 2.45. The van der Waals surface area contributed by atoms with Crippen LogP contribution in [-0.4, -0.2) is 48.4 Å². The van der Waals surface area contributed by atoms with Gasteiger partial charge < -0.3 is 14.2 Å². The molecule has 2 aromatic rings. The maximum absolute atomic E-state index is 13.1. The number of benzene rings is 2. The third-order valence-electron chi connectivity index (χ3n) is 4.89. The first-order chi connectivity index (χ1) is 14.8. The summed E-state index contributed by atoms with van der Waals surface area (Å²) >= 11 is 0. The molecule has 1 heterocycles. The second-order valence-electron chi connectivity index (χ2n) is 6.58. The first kappa shape index (κ1) is 21.8. The minimum atomic E-state index is -1.07. The van der Waals surface area contributed by atoms with Gasteiger partial charge in [0.05, 0.1) is 43.8 Å². The number of nitro benzene ring substituents is 1. The van der Waals surface area contributed by atoms with Crippen LogP contribution in [0, 0.1) is 10.1 Å². The number of ether oxygens (including phenoxy) is 3. The highest BCUT2D eigenvalue weighted by atomic mass is 16.6. The lowest BCUT2D eigenvalue weighted by atomic mass is 10.0. The molecule has 0 fully saturated rings. The van der Waals surface area contributed by atoms with Crippen molar-refractivity contribution in [3.05, 3.63) is 63.2 Å². The zero-order chi connectivity index (χ0) is 22.7. The van der Waals surface area contributed by atoms with E-state index in [4.69, 9.17) is 14.2 Å². The Labute approximate surface area is 177 Å². The van der Waals surface area contributed by atoms with Crippen molar-refractivity contribution >= 4 is 23.5 Å². The first-order valence-corrected chi connectivity index (χ1v) is 9.36. The van der Waals surface area contributed by atoms with Gasteiger partial charge in [-0.1, -0.05) is 12.1 Å². The molecule has 10 heteroatoms. The quantitative estimate of drug-likeness (QED) is 0.272. The smallest absolute Gasteiger partial charge is 0.307 e. The fourth-order valence-corrected chi connectivity index (χ4v) is 3.49. The monoisotopic (exact) mass is 428 g/mol. The minimum absolute atomic E-state index is 0.0902. The van der Waals surface area contributed by atoms with Crippen LogP contribution in [0.5, 0.6) is 11.5 Å². The molecule has 31 heavy (non-hydrogen) atoms. The summed E-state index contributed by atoms with van der Waals surface area (Å²) < 4.78 is 15.6. The summed E-state index contributed by atoms with van der Waals surface area (Å²) in [5, 5.41) is 11.4. The summed E-state index contributed by atoms with van der Waals surface area (Å²) in [6.45, 7) is 2.11. The third-order valence-corrected chi connectivity index (χ3v) is 4.89. The van der Waals surface area contributed by atoms with Crippen LogP contribution in [0.4, 0.5) is 5.69 Å². The van der Waals surface area contributed by atoms with Crippen LogP contribution in [0.2, 0.25) is 0 Å². The van der Waals surface area contributed by atoms with E-state index in [-0.39, 0.29) is 17.5 Å². The average Bonchev–Trinajstić information content (AvgIpc) is 3.02. The van der Waals surface area contributed by atoms with Crippen LogP contribution in [0.1, 0.15) is 45.7 Å². The van der Waals surface area contributed by atoms with E-state index in [2.05, 4.69) is 0 Å². The van der Waals surface area contributed by atoms with E-state index in [0.717, 1.165) is 11.0 Å². The van der Waals surface area contributed by atoms with Gasteiger partial charge in [-0.2, -0.15) is 0 Å². The van der Waals surface area contributed by atoms with Crippen molar-refractivity contribution in [3.63, 3.8) is 0 Å². The molecule has 1 aliphatic rings. The predicted octanol–water partition coefficient (Wildman–Crippen LogP) is 2.90. The highest BCUT2D eigenvalue weighted by molar-refractivity contribution is 6.23. The van der Waals surface area contributed by atoms with Crippen molar-refractivity contribution in [2.75, 3.05) is 20.8 Å². The van der Waals surface area contributed by atoms with Gasteiger partial charge in [0, 0.05) is 6.07 Å². The maximum atomic E-state index is 13.1. The van der Waals surface area contributed by atoms with Gasteiger partial charge >= 0.3 is 5.97 Å². The molecule has 2 amide bonds. The van der Waals surface area contributed by atoms with Gasteiger partial charge in [0.25, 0.3) is 17.5 Å². The third kappa shape index (κ3) is 3.91. The standard InChI is InChI=1S/C21H20N2O8/c1-4-31-17-10-12(8-9-16(17)29-2)15(11-18(24)30-3)22-20(25)13-6-5-7-14(23(27)28)19(13)21(22)26/h5-10,15H,4,11H2,1-3H3/t15-/m0/s1. The average molecular weight is 428 g/mol. The van der Waals surface area contributed by atoms with E-state index in [1.165, 1.54) is 26.4 Å². The number of fused-ring (bicyclic) bond motifs is 1. The van der Waals surface area contributed by atoms with Crippen LogP contribution < -0.4 is 9.47 Å². The molecule has 162 valence electrons. The van der Waals surface area contributed by atoms with E-state index in [9.17, 15) is 24.5 Å². The second kappa shape index (κ2) is 8.82. The van der Waals surface area contributed by atoms with Crippen molar-refractivity contribution in [2.24, 2.45) is 0 Å². The van der Waals surface area contributed by atoms with Gasteiger partial charge in [-0.25, -0.2) is 0 Å². The van der Waals surface area contributed by atoms with E-state index >= 15 is 0 Å². The lowest BCUT2D eigenvalue weighted by Crippen LogP contribution is -2.35. The number of carbonyl (C=O) groups excluding carboxylic acids is 3. The normalized spacial score (nSPS) is 13.6. The molecule has 2 aromatic carbocycles. The van der Waals surface area contributed by atoms with Gasteiger partial charge in [-0.3, -0.25) is 29.4 Å². The van der Waals surface area contributed by atoms with E-state index < -0.39 is 34.4 Å². The Morgan fingerprint density at radius 2 is 1.87 bits per heavy atom. The summed E-state index contributed by atoms with van der Waals surface area (Å²) in [6.07, 6.45) is -0.340. The number of nitrogens with zero attached hydrogens (tertiary/aromatic N) is 2. The summed E-state index contributed by atoms with van der Waals surface area (Å²) in [5.41, 5.74) is -0.453. The number of nitro groups is 1. The second-order valence-corrected chi connectivity index (χ2v) is 6.58. The molecule has 0 aromatic heterocycles. The van der Waals surface area contributed by atoms with Crippen molar-refractivity contribution in [1.29, 1.82) is 0 Å². The molecule has 0 N–H and O–H groups in total. The fourth-order valence-electron chi connectivity index (χ4n) is 3.49. The lowest BCUT2D eigenvalue weighted by Gasteiger charge is -2.26. The Hall–Kier alpha value is -3.95. The summed E-state index contributed by atoms with van der Waals surface area (Å²) in [5.74, 6) is -1.45. The fraction of sp³-hybridized carbons (Fsp3) is 0.286. The zero-order valence-corrected chi connectivity index (χ0v) is 17.1. The van der Waals surface area contributed by atoms with Gasteiger partial charge in [0.1, 0.15) is 5.56 Å². The Morgan fingerprint density at radius 3 is 2.48 bits per heavy atom. The molecule has 0 unspecified atom stereocenters. The van der Waals surface area contributed by atoms with Crippen molar-refractivity contribution in [3.8, 4) is 11.5 Å². The van der Waals surface area contributed by atoms with Crippen molar-refractivity contribution in [2.45, 2.75) is 19.4 Å². The predicted molar refractivity (Wildman–Crippen MR) is 107 cm³/mol. The molecule has 0 saturated heterocycles. The Balaban J connectivity index is 2.12. The van der Waals surface area contributed by atoms with Crippen molar-refractivity contribution in [1.82, 2.24) is 4.90 Å². The Morgan fingerprint density at radius 1 is 1.13 bits per heavy atom. The van der Waals surface area contributed by atoms with E-state index in [1.54, 1.807) is 25.1 Å². The zero-order valence-electron chi connectivity index (χ0n) is 17.1. The summed E-state index contributed by atoms with van der Waals surface area (Å²) in [7, 11) is 2.65. The van der Waals surface area contributed by atoms with E-state index in [1.807, 2.05) is 0 Å². The summed E-state index contributed by atoms with van der Waals surface area (Å²) in [4.78, 5) is 49.9. The molecule has 1 aliphatic heterocycles. The molecule has 1 atom stereocenters. The Kier molecular flexibility index (Phi) is 6.19. The van der Waals surface area contributed by atoms with Gasteiger partial charge in [-0.05, 0) is 30.7 Å². The maximum Gasteiger partial charge on any atom is 0.307 e. The van der Waals surface area contributed by atoms with Crippen LogP contribution in [0.25, 0.3) is 0 Å². The molecule has 0 saturated carbocycles. The van der Waals surface area contributed by atoms with Crippen molar-refractivity contribution < 1.29 is 33.5 Å². The number of rotatable bonds is 8. The highest BCUT2D eigenvalue weighted by Crippen LogP contribution is 2.39. The SMILES string of the molecule is CCOc1cc([C@H](CC(=O)OC)N2C(=O)c3cccc([N+](=O)[O-])c3C2=O)ccc1OC. The number of carbonyl (C=O) groups is 3. The Bertz CT molecular complexity index is 1070. The number of amides is 2. The molecule has 0 aliphatic carbocycles. The van der Waals surface area contributed by atoms with E-state index in [0.29, 0.717) is 23.7 Å². The number of hydrogen-bond acceptors (Lipinski definition) is 8. The van der Waals surface area contributed by atoms with Gasteiger partial charge in [0.15, 0.2) is 11.5 Å². The molecule has 0 radical (unpaired) electrons. The molecule has 0 spiro atoms. The lowest BCUT2D eigenvalue weighted by molar-refractivity contribution is -0.385. The van der Waals surface area contributed by atoms with Crippen LogP contribution in [0.3, 0.4) is 0 Å². The van der Waals surface area contributed by atoms with Gasteiger partial charge in [-0.15, -0.1) is 0 Å². The largest absolute Gasteiger partial charge is 0.493 e. The van der Waals surface area contributed by atoms with Crippen LogP contribution in [-0.2, 0) is 9.53 Å². The minimum Gasteiger partial charge on any atom is -0.493 e. The number of methoxy groups -OCH3 is 2. The van der Waals surface area contributed by atoms with Crippen LogP contribution >= 0.6 is 0 Å². The van der Waals surface area contributed by atoms with Gasteiger partial charge in [0.2, 0.25) is 0 Å². The number of imide groups is 1. The molecule has 3 rings (SSSR count). The molecule has 0 bridgehead atoms. The first-order valence-electron chi connectivity index (χ1n) is 9.36. The number of esters is 1. The molecular formula is C21H20N2O8.